The van der Waals surface area contributed by atoms with Crippen LogP contribution in [-0.4, -0.2) is 26.7 Å². The van der Waals surface area contributed by atoms with Crippen molar-refractivity contribution in [2.75, 3.05) is 5.75 Å². The van der Waals surface area contributed by atoms with E-state index >= 15 is 0 Å². The van der Waals surface area contributed by atoms with Gasteiger partial charge in [0.05, 0.1) is 11.4 Å². The largest absolute Gasteiger partial charge is 0.504 e. The van der Waals surface area contributed by atoms with Crippen molar-refractivity contribution in [2.24, 2.45) is 0 Å². The van der Waals surface area contributed by atoms with E-state index in [1.165, 1.54) is 46.9 Å². The Balaban J connectivity index is 1.65. The van der Waals surface area contributed by atoms with Crippen LogP contribution in [0.15, 0.2) is 52.2 Å². The lowest BCUT2D eigenvalue weighted by molar-refractivity contribution is 0.102. The molecule has 0 spiro atoms. The molecular weight excluding hydrogens is 342 g/mol. The molecule has 0 amide bonds. The van der Waals surface area contributed by atoms with Crippen LogP contribution in [0.4, 0.5) is 0 Å². The van der Waals surface area contributed by atoms with E-state index < -0.39 is 0 Å². The fraction of sp³-hybridized carbons (Fsp3) is 0.111. The summed E-state index contributed by atoms with van der Waals surface area (Å²) in [5.41, 5.74) is 3.52. The van der Waals surface area contributed by atoms with Crippen molar-refractivity contribution in [1.29, 1.82) is 0 Å². The minimum Gasteiger partial charge on any atom is -0.504 e. The van der Waals surface area contributed by atoms with Gasteiger partial charge in [0.25, 0.3) is 0 Å². The van der Waals surface area contributed by atoms with E-state index in [9.17, 15) is 15.0 Å². The molecule has 122 valence electrons. The Hall–Kier alpha value is -2.31. The van der Waals surface area contributed by atoms with Gasteiger partial charge in [0.15, 0.2) is 21.6 Å². The van der Waals surface area contributed by atoms with Crippen LogP contribution in [0.1, 0.15) is 15.9 Å². The second kappa shape index (κ2) is 7.07. The molecule has 0 aliphatic carbocycles. The lowest BCUT2D eigenvalue weighted by Gasteiger charge is -2.02. The van der Waals surface area contributed by atoms with Crippen LogP contribution in [0.25, 0.3) is 11.3 Å². The second-order valence-electron chi connectivity index (χ2n) is 5.28. The number of Topliss-reactive ketones (excluding diaryl/α,β-unsaturated/α-hetero) is 1. The number of phenols is 2. The summed E-state index contributed by atoms with van der Waals surface area (Å²) in [6.07, 6.45) is 0. The molecule has 0 bridgehead atoms. The molecule has 2 N–H and O–H groups in total. The van der Waals surface area contributed by atoms with Crippen LogP contribution in [-0.2, 0) is 0 Å². The van der Waals surface area contributed by atoms with E-state index in [-0.39, 0.29) is 23.0 Å². The first kappa shape index (κ1) is 16.5. The summed E-state index contributed by atoms with van der Waals surface area (Å²) in [6, 6.07) is 12.2. The van der Waals surface area contributed by atoms with E-state index in [0.717, 1.165) is 15.6 Å². The number of nitrogens with zero attached hydrogens (tertiary/aromatic N) is 1. The third-order valence-corrected chi connectivity index (χ3v) is 5.48. The first-order valence-corrected chi connectivity index (χ1v) is 9.10. The number of aromatic hydroxyl groups is 2. The van der Waals surface area contributed by atoms with Crippen LogP contribution < -0.4 is 0 Å². The zero-order valence-corrected chi connectivity index (χ0v) is 14.5. The number of carbonyl (C=O) groups is 1. The first-order valence-electron chi connectivity index (χ1n) is 7.23. The molecule has 0 aliphatic heterocycles. The number of aryl methyl sites for hydroxylation is 1. The number of ketones is 1. The third-order valence-electron chi connectivity index (χ3n) is 3.45. The SMILES string of the molecule is Cc1ccc(-c2csc(SCC(=O)c3ccc(O)c(O)c3)n2)cc1. The maximum Gasteiger partial charge on any atom is 0.173 e. The van der Waals surface area contributed by atoms with Gasteiger partial charge in [-0.2, -0.15) is 0 Å². The Bertz CT molecular complexity index is 872. The molecule has 2 aromatic carbocycles. The molecule has 4 nitrogen and oxygen atoms in total. The average Bonchev–Trinajstić information content (AvgIpc) is 3.05. The first-order chi connectivity index (χ1) is 11.5. The summed E-state index contributed by atoms with van der Waals surface area (Å²) in [6.45, 7) is 2.04. The van der Waals surface area contributed by atoms with Crippen molar-refractivity contribution >= 4 is 28.9 Å². The molecule has 24 heavy (non-hydrogen) atoms. The van der Waals surface area contributed by atoms with E-state index in [0.29, 0.717) is 5.56 Å². The van der Waals surface area contributed by atoms with Crippen LogP contribution in [0.5, 0.6) is 11.5 Å². The van der Waals surface area contributed by atoms with Gasteiger partial charge in [-0.15, -0.1) is 11.3 Å². The summed E-state index contributed by atoms with van der Waals surface area (Å²) in [5, 5.41) is 20.7. The summed E-state index contributed by atoms with van der Waals surface area (Å²) < 4.78 is 0.821. The molecule has 0 saturated heterocycles. The van der Waals surface area contributed by atoms with Gasteiger partial charge in [-0.05, 0) is 25.1 Å². The van der Waals surface area contributed by atoms with E-state index in [4.69, 9.17) is 0 Å². The molecule has 1 heterocycles. The number of thioether (sulfide) groups is 1. The van der Waals surface area contributed by atoms with Crippen molar-refractivity contribution in [2.45, 2.75) is 11.3 Å². The highest BCUT2D eigenvalue weighted by Gasteiger charge is 2.11. The van der Waals surface area contributed by atoms with Crippen molar-refractivity contribution in [3.05, 3.63) is 59.0 Å². The predicted molar refractivity (Wildman–Crippen MR) is 97.1 cm³/mol. The Labute approximate surface area is 147 Å². The number of carbonyl (C=O) groups excluding carboxylic acids is 1. The summed E-state index contributed by atoms with van der Waals surface area (Å²) in [7, 11) is 0. The number of benzene rings is 2. The Kier molecular flexibility index (Phi) is 4.87. The third kappa shape index (κ3) is 3.77. The van der Waals surface area contributed by atoms with Crippen LogP contribution in [0.3, 0.4) is 0 Å². The molecule has 0 aliphatic rings. The van der Waals surface area contributed by atoms with Gasteiger partial charge in [-0.3, -0.25) is 4.79 Å². The molecule has 3 aromatic rings. The highest BCUT2D eigenvalue weighted by Crippen LogP contribution is 2.30. The fourth-order valence-electron chi connectivity index (χ4n) is 2.09. The zero-order valence-electron chi connectivity index (χ0n) is 12.9. The number of hydrogen-bond acceptors (Lipinski definition) is 6. The lowest BCUT2D eigenvalue weighted by atomic mass is 10.1. The summed E-state index contributed by atoms with van der Waals surface area (Å²) in [4.78, 5) is 16.7. The number of hydrogen-bond donors (Lipinski definition) is 2. The van der Waals surface area contributed by atoms with Crippen LogP contribution in [0.2, 0.25) is 0 Å². The number of aromatic nitrogens is 1. The van der Waals surface area contributed by atoms with Gasteiger partial charge in [-0.1, -0.05) is 41.6 Å². The maximum atomic E-state index is 12.2. The molecule has 0 fully saturated rings. The lowest BCUT2D eigenvalue weighted by Crippen LogP contribution is -2.01. The molecule has 1 aromatic heterocycles. The number of phenolic OH excluding ortho intramolecular Hbond substituents is 2. The predicted octanol–water partition coefficient (Wildman–Crippen LogP) is 4.50. The standard InChI is InChI=1S/C18H15NO3S2/c1-11-2-4-12(5-3-11)14-9-23-18(19-14)24-10-17(22)13-6-7-15(20)16(21)8-13/h2-9,20-21H,10H2,1H3. The quantitative estimate of drug-likeness (QED) is 0.399. The second-order valence-corrected chi connectivity index (χ2v) is 7.36. The minimum atomic E-state index is -0.290. The highest BCUT2D eigenvalue weighted by atomic mass is 32.2. The highest BCUT2D eigenvalue weighted by molar-refractivity contribution is 8.01. The molecule has 0 saturated carbocycles. The van der Waals surface area contributed by atoms with Crippen LogP contribution in [0, 0.1) is 6.92 Å². The average molecular weight is 357 g/mol. The van der Waals surface area contributed by atoms with Gasteiger partial charge in [-0.25, -0.2) is 4.98 Å². The van der Waals surface area contributed by atoms with Crippen molar-refractivity contribution < 1.29 is 15.0 Å². The van der Waals surface area contributed by atoms with E-state index in [2.05, 4.69) is 4.98 Å². The Morgan fingerprint density at radius 2 is 1.88 bits per heavy atom. The van der Waals surface area contributed by atoms with E-state index in [1.807, 2.05) is 36.6 Å². The molecule has 0 radical (unpaired) electrons. The van der Waals surface area contributed by atoms with Gasteiger partial charge in [0.2, 0.25) is 0 Å². The van der Waals surface area contributed by atoms with E-state index in [1.54, 1.807) is 0 Å². The number of thiazole rings is 1. The van der Waals surface area contributed by atoms with Crippen molar-refractivity contribution in [3.8, 4) is 22.8 Å². The van der Waals surface area contributed by atoms with Gasteiger partial charge >= 0.3 is 0 Å². The monoisotopic (exact) mass is 357 g/mol. The van der Waals surface area contributed by atoms with Crippen molar-refractivity contribution in [1.82, 2.24) is 4.98 Å². The summed E-state index contributed by atoms with van der Waals surface area (Å²) in [5.74, 6) is -0.420. The Morgan fingerprint density at radius 1 is 1.12 bits per heavy atom. The van der Waals surface area contributed by atoms with Gasteiger partial charge in [0, 0.05) is 16.5 Å². The van der Waals surface area contributed by atoms with Gasteiger partial charge in [0.1, 0.15) is 0 Å². The zero-order chi connectivity index (χ0) is 17.1. The molecule has 3 rings (SSSR count). The number of rotatable bonds is 5. The van der Waals surface area contributed by atoms with Crippen molar-refractivity contribution in [3.63, 3.8) is 0 Å². The normalized spacial score (nSPS) is 10.7. The Morgan fingerprint density at radius 3 is 2.58 bits per heavy atom. The fourth-order valence-corrected chi connectivity index (χ4v) is 3.82. The smallest absolute Gasteiger partial charge is 0.173 e. The van der Waals surface area contributed by atoms with Gasteiger partial charge < -0.3 is 10.2 Å². The molecular formula is C18H15NO3S2. The van der Waals surface area contributed by atoms with Crippen LogP contribution >= 0.6 is 23.1 Å². The molecule has 6 heteroatoms. The molecule has 0 atom stereocenters. The topological polar surface area (TPSA) is 70.4 Å². The summed E-state index contributed by atoms with van der Waals surface area (Å²) >= 11 is 2.87. The molecule has 0 unspecified atom stereocenters. The maximum absolute atomic E-state index is 12.2. The minimum absolute atomic E-state index is 0.123.